The molecule has 1 heterocycles. The molecular formula is C17H22N4OS2. The van der Waals surface area contributed by atoms with Crippen LogP contribution in [-0.4, -0.2) is 40.3 Å². The first kappa shape index (κ1) is 18.5. The number of hydrogen-bond donors (Lipinski definition) is 1. The summed E-state index contributed by atoms with van der Waals surface area (Å²) in [4.78, 5) is 14.1. The minimum atomic E-state index is 0.0794. The lowest BCUT2D eigenvalue weighted by Crippen LogP contribution is -2.28. The van der Waals surface area contributed by atoms with Gasteiger partial charge in [0.1, 0.15) is 0 Å². The molecule has 2 rings (SSSR count). The second-order valence-electron chi connectivity index (χ2n) is 5.51. The number of rotatable bonds is 8. The van der Waals surface area contributed by atoms with Crippen molar-refractivity contribution in [2.24, 2.45) is 0 Å². The Balaban J connectivity index is 1.85. The van der Waals surface area contributed by atoms with Crippen molar-refractivity contribution in [3.8, 4) is 0 Å². The van der Waals surface area contributed by atoms with Gasteiger partial charge in [-0.3, -0.25) is 4.79 Å². The highest BCUT2D eigenvalue weighted by Crippen LogP contribution is 2.25. The van der Waals surface area contributed by atoms with Gasteiger partial charge < -0.3 is 10.2 Å². The number of benzene rings is 1. The van der Waals surface area contributed by atoms with E-state index in [0.717, 1.165) is 9.47 Å². The fourth-order valence-corrected chi connectivity index (χ4v) is 3.80. The van der Waals surface area contributed by atoms with Gasteiger partial charge in [0, 0.05) is 20.1 Å². The van der Waals surface area contributed by atoms with E-state index in [9.17, 15) is 4.79 Å². The summed E-state index contributed by atoms with van der Waals surface area (Å²) in [5, 5.41) is 11.9. The minimum Gasteiger partial charge on any atom is -0.357 e. The second-order valence-corrected chi connectivity index (χ2v) is 7.71. The summed E-state index contributed by atoms with van der Waals surface area (Å²) in [6, 6.07) is 6.31. The van der Waals surface area contributed by atoms with Crippen LogP contribution in [0.5, 0.6) is 0 Å². The molecule has 1 aromatic heterocycles. The van der Waals surface area contributed by atoms with Crippen LogP contribution < -0.4 is 5.32 Å². The summed E-state index contributed by atoms with van der Waals surface area (Å²) in [5.41, 5.74) is 3.62. The third kappa shape index (κ3) is 5.35. The lowest BCUT2D eigenvalue weighted by molar-refractivity contribution is -0.127. The molecule has 1 N–H and O–H groups in total. The van der Waals surface area contributed by atoms with E-state index in [1.807, 2.05) is 7.05 Å². The van der Waals surface area contributed by atoms with Crippen molar-refractivity contribution in [3.63, 3.8) is 0 Å². The van der Waals surface area contributed by atoms with Crippen molar-refractivity contribution < 1.29 is 4.79 Å². The Morgan fingerprint density at radius 2 is 2.21 bits per heavy atom. The maximum absolute atomic E-state index is 12.3. The lowest BCUT2D eigenvalue weighted by atomic mass is 10.1. The van der Waals surface area contributed by atoms with Gasteiger partial charge in [0.05, 0.1) is 5.75 Å². The minimum absolute atomic E-state index is 0.0794. The van der Waals surface area contributed by atoms with E-state index in [2.05, 4.69) is 54.1 Å². The second kappa shape index (κ2) is 8.84. The molecule has 0 fully saturated rings. The fraction of sp³-hybridized carbons (Fsp3) is 0.353. The van der Waals surface area contributed by atoms with Gasteiger partial charge in [-0.05, 0) is 25.0 Å². The van der Waals surface area contributed by atoms with Crippen molar-refractivity contribution in [2.45, 2.75) is 24.7 Å². The van der Waals surface area contributed by atoms with Crippen LogP contribution >= 0.6 is 23.1 Å². The van der Waals surface area contributed by atoms with Gasteiger partial charge in [-0.25, -0.2) is 0 Å². The highest BCUT2D eigenvalue weighted by molar-refractivity contribution is 8.01. The third-order valence-electron chi connectivity index (χ3n) is 3.45. The number of hydrogen-bond acceptors (Lipinski definition) is 6. The largest absolute Gasteiger partial charge is 0.357 e. The van der Waals surface area contributed by atoms with Gasteiger partial charge in [0.2, 0.25) is 11.0 Å². The molecule has 0 aliphatic carbocycles. The molecule has 128 valence electrons. The van der Waals surface area contributed by atoms with Gasteiger partial charge in [-0.1, -0.05) is 52.9 Å². The number of amides is 1. The van der Waals surface area contributed by atoms with Crippen LogP contribution in [0.2, 0.25) is 0 Å². The molecule has 7 heteroatoms. The molecule has 1 aromatic carbocycles. The number of carbonyl (C=O) groups is 1. The number of nitrogens with zero attached hydrogens (tertiary/aromatic N) is 3. The van der Waals surface area contributed by atoms with E-state index in [1.165, 1.54) is 39.8 Å². The van der Waals surface area contributed by atoms with E-state index < -0.39 is 0 Å². The molecule has 0 unspecified atom stereocenters. The first-order chi connectivity index (χ1) is 11.5. The van der Waals surface area contributed by atoms with E-state index >= 15 is 0 Å². The molecule has 0 radical (unpaired) electrons. The molecule has 0 aliphatic rings. The van der Waals surface area contributed by atoms with Crippen molar-refractivity contribution in [1.82, 2.24) is 15.1 Å². The van der Waals surface area contributed by atoms with Gasteiger partial charge >= 0.3 is 0 Å². The monoisotopic (exact) mass is 362 g/mol. The SMILES string of the molecule is C=CCNc1nnc(SCC(=O)N(C)Cc2ccc(C)cc2C)s1. The number of carbonyl (C=O) groups excluding carboxylic acids is 1. The molecular weight excluding hydrogens is 340 g/mol. The Labute approximate surface area is 151 Å². The summed E-state index contributed by atoms with van der Waals surface area (Å²) in [5.74, 6) is 0.438. The van der Waals surface area contributed by atoms with E-state index in [4.69, 9.17) is 0 Å². The van der Waals surface area contributed by atoms with Crippen LogP contribution in [-0.2, 0) is 11.3 Å². The normalized spacial score (nSPS) is 10.5. The molecule has 0 saturated carbocycles. The highest BCUT2D eigenvalue weighted by atomic mass is 32.2. The number of aryl methyl sites for hydroxylation is 2. The van der Waals surface area contributed by atoms with Crippen LogP contribution in [0.4, 0.5) is 5.13 Å². The molecule has 0 spiro atoms. The predicted octanol–water partition coefficient (Wildman–Crippen LogP) is 3.50. The van der Waals surface area contributed by atoms with Crippen LogP contribution in [0.3, 0.4) is 0 Å². The molecule has 0 atom stereocenters. The zero-order valence-corrected chi connectivity index (χ0v) is 15.8. The van der Waals surface area contributed by atoms with Crippen LogP contribution in [0.15, 0.2) is 35.2 Å². The zero-order valence-electron chi connectivity index (χ0n) is 14.2. The molecule has 5 nitrogen and oxygen atoms in total. The first-order valence-electron chi connectivity index (χ1n) is 7.60. The van der Waals surface area contributed by atoms with Gasteiger partial charge in [0.15, 0.2) is 4.34 Å². The van der Waals surface area contributed by atoms with E-state index in [1.54, 1.807) is 11.0 Å². The van der Waals surface area contributed by atoms with E-state index in [-0.39, 0.29) is 5.91 Å². The predicted molar refractivity (Wildman–Crippen MR) is 102 cm³/mol. The lowest BCUT2D eigenvalue weighted by Gasteiger charge is -2.18. The van der Waals surface area contributed by atoms with Crippen molar-refractivity contribution in [1.29, 1.82) is 0 Å². The molecule has 0 aliphatic heterocycles. The highest BCUT2D eigenvalue weighted by Gasteiger charge is 2.13. The average molecular weight is 363 g/mol. The quantitative estimate of drug-likeness (QED) is 0.575. The Hall–Kier alpha value is -1.86. The maximum atomic E-state index is 12.3. The summed E-state index contributed by atoms with van der Waals surface area (Å²) in [7, 11) is 1.83. The molecule has 24 heavy (non-hydrogen) atoms. The zero-order chi connectivity index (χ0) is 17.5. The number of anilines is 1. The summed E-state index contributed by atoms with van der Waals surface area (Å²) in [6.45, 7) is 9.06. The molecule has 2 aromatic rings. The smallest absolute Gasteiger partial charge is 0.233 e. The molecule has 1 amide bonds. The van der Waals surface area contributed by atoms with Gasteiger partial charge in [-0.15, -0.1) is 16.8 Å². The van der Waals surface area contributed by atoms with Crippen LogP contribution in [0, 0.1) is 13.8 Å². The molecule has 0 bridgehead atoms. The van der Waals surface area contributed by atoms with Crippen LogP contribution in [0.25, 0.3) is 0 Å². The Bertz CT molecular complexity index is 714. The summed E-state index contributed by atoms with van der Waals surface area (Å²) < 4.78 is 0.787. The summed E-state index contributed by atoms with van der Waals surface area (Å²) >= 11 is 2.86. The topological polar surface area (TPSA) is 58.1 Å². The van der Waals surface area contributed by atoms with Gasteiger partial charge in [-0.2, -0.15) is 0 Å². The Morgan fingerprint density at radius 1 is 1.42 bits per heavy atom. The Kier molecular flexibility index (Phi) is 6.81. The number of nitrogens with one attached hydrogen (secondary N) is 1. The van der Waals surface area contributed by atoms with Crippen molar-refractivity contribution in [2.75, 3.05) is 24.7 Å². The Morgan fingerprint density at radius 3 is 2.92 bits per heavy atom. The van der Waals surface area contributed by atoms with Crippen LogP contribution in [0.1, 0.15) is 16.7 Å². The standard InChI is InChI=1S/C17H22N4OS2/c1-5-8-18-16-19-20-17(24-16)23-11-15(22)21(4)10-14-7-6-12(2)9-13(14)3/h5-7,9H,1,8,10-11H2,2-4H3,(H,18,19). The summed E-state index contributed by atoms with van der Waals surface area (Å²) in [6.07, 6.45) is 1.76. The first-order valence-corrected chi connectivity index (χ1v) is 9.41. The molecule has 0 saturated heterocycles. The van der Waals surface area contributed by atoms with E-state index in [0.29, 0.717) is 18.8 Å². The maximum Gasteiger partial charge on any atom is 0.233 e. The van der Waals surface area contributed by atoms with Crippen molar-refractivity contribution in [3.05, 3.63) is 47.5 Å². The van der Waals surface area contributed by atoms with Crippen molar-refractivity contribution >= 4 is 34.1 Å². The third-order valence-corrected chi connectivity index (χ3v) is 5.45. The average Bonchev–Trinajstić information content (AvgIpc) is 3.01. The fourth-order valence-electron chi connectivity index (χ4n) is 2.10. The number of thioether (sulfide) groups is 1. The number of aromatic nitrogens is 2. The van der Waals surface area contributed by atoms with Gasteiger partial charge in [0.25, 0.3) is 0 Å².